The maximum absolute atomic E-state index is 13.6. The van der Waals surface area contributed by atoms with Gasteiger partial charge in [0.25, 0.3) is 0 Å². The number of benzene rings is 4. The summed E-state index contributed by atoms with van der Waals surface area (Å²) in [5, 5.41) is 0.852. The fourth-order valence-electron chi connectivity index (χ4n) is 4.31. The van der Waals surface area contributed by atoms with Gasteiger partial charge in [-0.1, -0.05) is 84.9 Å². The van der Waals surface area contributed by atoms with Gasteiger partial charge in [0.05, 0.1) is 16.3 Å². The average Bonchev–Trinajstić information content (AvgIpc) is 2.94. The minimum Gasteiger partial charge on any atom is -0.481 e. The second kappa shape index (κ2) is 9.04. The largest absolute Gasteiger partial charge is 0.481 e. The maximum atomic E-state index is 13.6. The van der Waals surface area contributed by atoms with Crippen molar-refractivity contribution in [3.63, 3.8) is 0 Å². The highest BCUT2D eigenvalue weighted by atomic mass is 16.5. The van der Waals surface area contributed by atoms with Crippen LogP contribution in [-0.2, 0) is 6.61 Å². The lowest BCUT2D eigenvalue weighted by molar-refractivity contribution is 0.295. The van der Waals surface area contributed by atoms with E-state index in [0.29, 0.717) is 44.6 Å². The Kier molecular flexibility index (Phi) is 5.43. The third kappa shape index (κ3) is 3.77. The van der Waals surface area contributed by atoms with Gasteiger partial charge < -0.3 is 13.6 Å². The van der Waals surface area contributed by atoms with E-state index in [2.05, 4.69) is 0 Å². The highest BCUT2D eigenvalue weighted by Gasteiger charge is 2.21. The van der Waals surface area contributed by atoms with Crippen molar-refractivity contribution in [2.75, 3.05) is 0 Å². The van der Waals surface area contributed by atoms with Gasteiger partial charge in [0.2, 0.25) is 11.2 Å². The molecule has 36 heavy (non-hydrogen) atoms. The van der Waals surface area contributed by atoms with Gasteiger partial charge in [0.15, 0.2) is 11.2 Å². The van der Waals surface area contributed by atoms with Crippen molar-refractivity contribution in [1.82, 2.24) is 0 Å². The molecular formula is C31H20O5. The van der Waals surface area contributed by atoms with Crippen molar-refractivity contribution < 1.29 is 13.6 Å². The van der Waals surface area contributed by atoms with Gasteiger partial charge in [-0.05, 0) is 24.3 Å². The van der Waals surface area contributed by atoms with Gasteiger partial charge in [0, 0.05) is 11.1 Å². The van der Waals surface area contributed by atoms with E-state index in [4.69, 9.17) is 13.6 Å². The zero-order chi connectivity index (χ0) is 24.5. The van der Waals surface area contributed by atoms with Crippen molar-refractivity contribution >= 4 is 21.9 Å². The summed E-state index contributed by atoms with van der Waals surface area (Å²) in [5.74, 6) is 0.767. The Morgan fingerprint density at radius 1 is 0.528 bits per heavy atom. The summed E-state index contributed by atoms with van der Waals surface area (Å²) in [6.45, 7) is -0.166. The molecule has 2 aromatic heterocycles. The summed E-state index contributed by atoms with van der Waals surface area (Å²) in [6, 6.07) is 32.8. The van der Waals surface area contributed by atoms with Gasteiger partial charge in [0.1, 0.15) is 23.5 Å². The average molecular weight is 472 g/mol. The number of hydrogen-bond donors (Lipinski definition) is 0. The molecule has 0 radical (unpaired) electrons. The molecule has 5 nitrogen and oxygen atoms in total. The Balaban J connectivity index is 1.53. The van der Waals surface area contributed by atoms with Crippen LogP contribution in [0.3, 0.4) is 0 Å². The van der Waals surface area contributed by atoms with Crippen LogP contribution in [0.2, 0.25) is 0 Å². The SMILES string of the molecule is O=c1c(COc2c(-c3ccccc3)oc3ccccc3c2=O)c(-c2ccccc2)oc2ccccc12. The third-order valence-corrected chi connectivity index (χ3v) is 6.08. The number of para-hydroxylation sites is 2. The first-order chi connectivity index (χ1) is 17.7. The quantitative estimate of drug-likeness (QED) is 0.276. The standard InChI is InChI=1S/C31H20O5/c32-27-22-15-7-9-17-25(22)35-29(20-11-3-1-4-12-20)24(27)19-34-31-28(33)23-16-8-10-18-26(23)36-30(31)21-13-5-2-6-14-21/h1-18H,19H2. The van der Waals surface area contributed by atoms with Crippen LogP contribution in [0.1, 0.15) is 5.56 Å². The lowest BCUT2D eigenvalue weighted by Gasteiger charge is -2.14. The molecule has 4 aromatic carbocycles. The predicted octanol–water partition coefficient (Wildman–Crippen LogP) is 6.81. The number of fused-ring (bicyclic) bond motifs is 2. The second-order valence-electron chi connectivity index (χ2n) is 8.34. The highest BCUT2D eigenvalue weighted by molar-refractivity contribution is 5.82. The first-order valence-corrected chi connectivity index (χ1v) is 11.5. The van der Waals surface area contributed by atoms with Gasteiger partial charge in [-0.25, -0.2) is 0 Å². The summed E-state index contributed by atoms with van der Waals surface area (Å²) in [5.41, 5.74) is 2.21. The van der Waals surface area contributed by atoms with Crippen molar-refractivity contribution in [3.8, 4) is 28.4 Å². The Morgan fingerprint density at radius 3 is 1.61 bits per heavy atom. The molecule has 2 heterocycles. The molecule has 0 saturated carbocycles. The molecule has 174 valence electrons. The summed E-state index contributed by atoms with van der Waals surface area (Å²) < 4.78 is 18.5. The van der Waals surface area contributed by atoms with E-state index in [1.807, 2.05) is 72.8 Å². The van der Waals surface area contributed by atoms with Gasteiger partial charge in [-0.3, -0.25) is 9.59 Å². The van der Waals surface area contributed by atoms with Crippen LogP contribution in [0.25, 0.3) is 44.6 Å². The van der Waals surface area contributed by atoms with E-state index in [-0.39, 0.29) is 23.2 Å². The van der Waals surface area contributed by atoms with Crippen molar-refractivity contribution in [2.45, 2.75) is 6.61 Å². The molecule has 6 aromatic rings. The molecular weight excluding hydrogens is 452 g/mol. The third-order valence-electron chi connectivity index (χ3n) is 6.08. The molecule has 0 aliphatic carbocycles. The summed E-state index contributed by atoms with van der Waals surface area (Å²) >= 11 is 0. The molecule has 0 bridgehead atoms. The maximum Gasteiger partial charge on any atom is 0.235 e. The second-order valence-corrected chi connectivity index (χ2v) is 8.34. The summed E-state index contributed by atoms with van der Waals surface area (Å²) in [7, 11) is 0. The monoisotopic (exact) mass is 472 g/mol. The van der Waals surface area contributed by atoms with E-state index < -0.39 is 0 Å². The van der Waals surface area contributed by atoms with E-state index in [1.54, 1.807) is 36.4 Å². The normalized spacial score (nSPS) is 11.1. The van der Waals surface area contributed by atoms with E-state index >= 15 is 0 Å². The predicted molar refractivity (Wildman–Crippen MR) is 140 cm³/mol. The molecule has 6 rings (SSSR count). The zero-order valence-corrected chi connectivity index (χ0v) is 19.1. The fraction of sp³-hybridized carbons (Fsp3) is 0.0323. The van der Waals surface area contributed by atoms with Crippen molar-refractivity contribution in [2.24, 2.45) is 0 Å². The van der Waals surface area contributed by atoms with E-state index in [0.717, 1.165) is 5.56 Å². The fourth-order valence-corrected chi connectivity index (χ4v) is 4.31. The molecule has 0 spiro atoms. The number of ether oxygens (including phenoxy) is 1. The van der Waals surface area contributed by atoms with Crippen LogP contribution in [0.4, 0.5) is 0 Å². The van der Waals surface area contributed by atoms with E-state index in [9.17, 15) is 9.59 Å². The molecule has 0 saturated heterocycles. The molecule has 0 unspecified atom stereocenters. The van der Waals surface area contributed by atoms with Gasteiger partial charge >= 0.3 is 0 Å². The minimum atomic E-state index is -0.304. The van der Waals surface area contributed by atoms with Crippen LogP contribution >= 0.6 is 0 Å². The topological polar surface area (TPSA) is 69.7 Å². The Morgan fingerprint density at radius 2 is 1.00 bits per heavy atom. The van der Waals surface area contributed by atoms with Crippen molar-refractivity contribution in [1.29, 1.82) is 0 Å². The van der Waals surface area contributed by atoms with Crippen LogP contribution in [0, 0.1) is 0 Å². The molecule has 0 aliphatic heterocycles. The lowest BCUT2D eigenvalue weighted by Crippen LogP contribution is -2.17. The van der Waals surface area contributed by atoms with Crippen molar-refractivity contribution in [3.05, 3.63) is 135 Å². The van der Waals surface area contributed by atoms with E-state index in [1.165, 1.54) is 0 Å². The Hall–Kier alpha value is -4.90. The number of rotatable bonds is 5. The first kappa shape index (κ1) is 21.6. The molecule has 0 aliphatic rings. The molecule has 0 N–H and O–H groups in total. The van der Waals surface area contributed by atoms with Crippen LogP contribution in [-0.4, -0.2) is 0 Å². The van der Waals surface area contributed by atoms with Crippen LogP contribution < -0.4 is 15.6 Å². The summed E-state index contributed by atoms with van der Waals surface area (Å²) in [6.07, 6.45) is 0. The van der Waals surface area contributed by atoms with Crippen LogP contribution in [0.15, 0.2) is 128 Å². The Bertz CT molecular complexity index is 1680. The Labute approximate surface area is 205 Å². The smallest absolute Gasteiger partial charge is 0.235 e. The van der Waals surface area contributed by atoms with Crippen LogP contribution in [0.5, 0.6) is 5.75 Å². The van der Waals surface area contributed by atoms with Gasteiger partial charge in [-0.2, -0.15) is 0 Å². The highest BCUT2D eigenvalue weighted by Crippen LogP contribution is 2.32. The van der Waals surface area contributed by atoms with Gasteiger partial charge in [-0.15, -0.1) is 0 Å². The molecule has 5 heteroatoms. The minimum absolute atomic E-state index is 0.0477. The molecule has 0 atom stereocenters. The zero-order valence-electron chi connectivity index (χ0n) is 19.1. The lowest BCUT2D eigenvalue weighted by atomic mass is 10.0. The molecule has 0 amide bonds. The first-order valence-electron chi connectivity index (χ1n) is 11.5. The number of hydrogen-bond acceptors (Lipinski definition) is 5. The molecule has 0 fully saturated rings. The summed E-state index contributed by atoms with van der Waals surface area (Å²) in [4.78, 5) is 27.1.